The normalized spacial score (nSPS) is 15.1. The average Bonchev–Trinajstić information content (AvgIpc) is 3.32. The maximum atomic E-state index is 13.2. The Morgan fingerprint density at radius 3 is 2.87 bits per heavy atom. The fraction of sp³-hybridized carbons (Fsp3) is 0.381. The van der Waals surface area contributed by atoms with Gasteiger partial charge in [-0.15, -0.1) is 0 Å². The topological polar surface area (TPSA) is 108 Å². The predicted molar refractivity (Wildman–Crippen MR) is 117 cm³/mol. The van der Waals surface area contributed by atoms with Gasteiger partial charge in [0.05, 0.1) is 24.5 Å². The Balaban J connectivity index is 1.61. The van der Waals surface area contributed by atoms with Gasteiger partial charge in [-0.3, -0.25) is 19.0 Å². The summed E-state index contributed by atoms with van der Waals surface area (Å²) in [5, 5.41) is 7.92. The van der Waals surface area contributed by atoms with Gasteiger partial charge < -0.3 is 10.1 Å². The zero-order valence-electron chi connectivity index (χ0n) is 17.5. The van der Waals surface area contributed by atoms with Crippen LogP contribution in [0.15, 0.2) is 34.3 Å². The molecule has 0 aliphatic carbocycles. The molecule has 0 saturated heterocycles. The van der Waals surface area contributed by atoms with Gasteiger partial charge in [0.15, 0.2) is 10.8 Å². The van der Waals surface area contributed by atoms with Gasteiger partial charge in [0.1, 0.15) is 11.9 Å². The molecule has 0 radical (unpaired) electrons. The molecule has 1 atom stereocenters. The number of fused-ring (bicyclic) bond motifs is 2. The van der Waals surface area contributed by atoms with Gasteiger partial charge >= 0.3 is 5.97 Å². The molecule has 1 amide bonds. The number of aryl methyl sites for hydroxylation is 2. The Bertz CT molecular complexity index is 1230. The summed E-state index contributed by atoms with van der Waals surface area (Å²) in [4.78, 5) is 41.6. The summed E-state index contributed by atoms with van der Waals surface area (Å²) in [7, 11) is 0. The first-order valence-corrected chi connectivity index (χ1v) is 11.0. The fourth-order valence-corrected chi connectivity index (χ4v) is 4.80. The molecule has 162 valence electrons. The highest BCUT2D eigenvalue weighted by Crippen LogP contribution is 2.33. The molecule has 1 unspecified atom stereocenters. The smallest absolute Gasteiger partial charge is 0.325 e. The van der Waals surface area contributed by atoms with Crippen molar-refractivity contribution in [2.45, 2.75) is 38.4 Å². The molecule has 10 heteroatoms. The number of hydrogen-bond acceptors (Lipinski definition) is 7. The molecule has 0 fully saturated rings. The zero-order valence-corrected chi connectivity index (χ0v) is 18.4. The lowest BCUT2D eigenvalue weighted by atomic mass is 10.1. The van der Waals surface area contributed by atoms with E-state index >= 15 is 0 Å². The molecule has 0 saturated carbocycles. The van der Waals surface area contributed by atoms with Crippen LogP contribution in [-0.2, 0) is 14.3 Å². The number of hydrogen-bond donors (Lipinski definition) is 1. The number of benzene rings is 1. The van der Waals surface area contributed by atoms with Crippen LogP contribution >= 0.6 is 11.8 Å². The number of amides is 1. The van der Waals surface area contributed by atoms with Crippen LogP contribution in [0.1, 0.15) is 30.5 Å². The first-order chi connectivity index (χ1) is 14.9. The van der Waals surface area contributed by atoms with Crippen molar-refractivity contribution in [3.63, 3.8) is 0 Å². The Morgan fingerprint density at radius 1 is 1.32 bits per heavy atom. The second kappa shape index (κ2) is 8.54. The van der Waals surface area contributed by atoms with E-state index in [0.717, 1.165) is 16.8 Å². The minimum atomic E-state index is -0.489. The first kappa shape index (κ1) is 21.1. The maximum Gasteiger partial charge on any atom is 0.325 e. The summed E-state index contributed by atoms with van der Waals surface area (Å²) < 4.78 is 8.05. The number of esters is 1. The van der Waals surface area contributed by atoms with Gasteiger partial charge in [-0.25, -0.2) is 9.67 Å². The number of carbonyl (C=O) groups excluding carboxylic acids is 2. The van der Waals surface area contributed by atoms with Crippen molar-refractivity contribution in [3.05, 3.63) is 45.9 Å². The number of carbonyl (C=O) groups is 2. The SMILES string of the molecule is CCOC(=O)CNC(=O)CC1CSc2nc3c(cnn3-c3ccc(C)cc3C)c(=O)n21. The zero-order chi connectivity index (χ0) is 22.1. The number of nitrogens with zero attached hydrogens (tertiary/aromatic N) is 4. The number of thioether (sulfide) groups is 1. The minimum absolute atomic E-state index is 0.0811. The van der Waals surface area contributed by atoms with Crippen molar-refractivity contribution in [2.75, 3.05) is 18.9 Å². The van der Waals surface area contributed by atoms with E-state index in [0.29, 0.717) is 21.9 Å². The molecular formula is C21H23N5O4S. The van der Waals surface area contributed by atoms with Crippen LogP contribution < -0.4 is 10.9 Å². The third-order valence-electron chi connectivity index (χ3n) is 5.11. The highest BCUT2D eigenvalue weighted by molar-refractivity contribution is 7.99. The third-order valence-corrected chi connectivity index (χ3v) is 6.20. The molecule has 0 bridgehead atoms. The molecule has 1 N–H and O–H groups in total. The molecule has 31 heavy (non-hydrogen) atoms. The molecular weight excluding hydrogens is 418 g/mol. The van der Waals surface area contributed by atoms with Crippen LogP contribution in [0.2, 0.25) is 0 Å². The first-order valence-electron chi connectivity index (χ1n) is 10.0. The largest absolute Gasteiger partial charge is 0.465 e. The lowest BCUT2D eigenvalue weighted by molar-refractivity contribution is -0.143. The molecule has 3 heterocycles. The molecule has 4 rings (SSSR count). The highest BCUT2D eigenvalue weighted by Gasteiger charge is 2.29. The number of aromatic nitrogens is 4. The summed E-state index contributed by atoms with van der Waals surface area (Å²) in [6.07, 6.45) is 1.61. The van der Waals surface area contributed by atoms with E-state index in [-0.39, 0.29) is 37.1 Å². The van der Waals surface area contributed by atoms with Gasteiger partial charge in [0, 0.05) is 12.2 Å². The van der Waals surface area contributed by atoms with Gasteiger partial charge in [-0.1, -0.05) is 29.5 Å². The van der Waals surface area contributed by atoms with Crippen LogP contribution in [0.3, 0.4) is 0 Å². The predicted octanol–water partition coefficient (Wildman–Crippen LogP) is 1.92. The van der Waals surface area contributed by atoms with E-state index in [1.807, 2.05) is 26.0 Å². The Labute approximate surface area is 182 Å². The summed E-state index contributed by atoms with van der Waals surface area (Å²) in [5.74, 6) is -0.251. The lowest BCUT2D eigenvalue weighted by Gasteiger charge is -2.13. The quantitative estimate of drug-likeness (QED) is 0.460. The highest BCUT2D eigenvalue weighted by atomic mass is 32.2. The van der Waals surface area contributed by atoms with E-state index < -0.39 is 5.97 Å². The van der Waals surface area contributed by atoms with Gasteiger partial charge in [-0.05, 0) is 32.4 Å². The van der Waals surface area contributed by atoms with E-state index in [4.69, 9.17) is 9.72 Å². The van der Waals surface area contributed by atoms with Crippen molar-refractivity contribution in [2.24, 2.45) is 0 Å². The Hall–Kier alpha value is -3.14. The number of nitrogens with one attached hydrogen (secondary N) is 1. The molecule has 2 aromatic heterocycles. The summed E-state index contributed by atoms with van der Waals surface area (Å²) in [5.41, 5.74) is 3.34. The van der Waals surface area contributed by atoms with Crippen LogP contribution in [-0.4, -0.2) is 50.1 Å². The maximum absolute atomic E-state index is 13.2. The average molecular weight is 442 g/mol. The second-order valence-corrected chi connectivity index (χ2v) is 8.39. The van der Waals surface area contributed by atoms with Crippen LogP contribution in [0.5, 0.6) is 0 Å². The van der Waals surface area contributed by atoms with Crippen molar-refractivity contribution in [1.29, 1.82) is 0 Å². The summed E-state index contributed by atoms with van der Waals surface area (Å²) >= 11 is 1.43. The third kappa shape index (κ3) is 4.07. The van der Waals surface area contributed by atoms with Crippen molar-refractivity contribution in [3.8, 4) is 5.69 Å². The van der Waals surface area contributed by atoms with Crippen LogP contribution in [0.4, 0.5) is 0 Å². The van der Waals surface area contributed by atoms with Crippen molar-refractivity contribution >= 4 is 34.7 Å². The molecule has 1 aliphatic rings. The standard InChI is InChI=1S/C21H23N5O4S/c1-4-30-18(28)10-22-17(27)8-14-11-31-21-24-19-15(20(29)25(14)21)9-23-26(19)16-6-5-12(2)7-13(16)3/h5-7,9,14H,4,8,10-11H2,1-3H3,(H,22,27). The van der Waals surface area contributed by atoms with Crippen LogP contribution in [0.25, 0.3) is 16.7 Å². The van der Waals surface area contributed by atoms with E-state index in [1.165, 1.54) is 18.0 Å². The van der Waals surface area contributed by atoms with Gasteiger partial charge in [-0.2, -0.15) is 5.10 Å². The monoisotopic (exact) mass is 441 g/mol. The molecule has 1 aliphatic heterocycles. The lowest BCUT2D eigenvalue weighted by Crippen LogP contribution is -2.34. The molecule has 0 spiro atoms. The van der Waals surface area contributed by atoms with Gasteiger partial charge in [0.2, 0.25) is 5.91 Å². The number of ether oxygens (including phenoxy) is 1. The van der Waals surface area contributed by atoms with E-state index in [2.05, 4.69) is 16.5 Å². The molecule has 3 aromatic rings. The Morgan fingerprint density at radius 2 is 2.13 bits per heavy atom. The van der Waals surface area contributed by atoms with Crippen molar-refractivity contribution < 1.29 is 14.3 Å². The minimum Gasteiger partial charge on any atom is -0.465 e. The van der Waals surface area contributed by atoms with E-state index in [1.54, 1.807) is 16.2 Å². The van der Waals surface area contributed by atoms with Gasteiger partial charge in [0.25, 0.3) is 5.56 Å². The Kier molecular flexibility index (Phi) is 5.81. The van der Waals surface area contributed by atoms with E-state index in [9.17, 15) is 14.4 Å². The molecule has 1 aromatic carbocycles. The second-order valence-electron chi connectivity index (χ2n) is 7.40. The summed E-state index contributed by atoms with van der Waals surface area (Å²) in [6, 6.07) is 5.68. The van der Waals surface area contributed by atoms with Crippen molar-refractivity contribution in [1.82, 2.24) is 24.6 Å². The number of rotatable bonds is 6. The molecule has 9 nitrogen and oxygen atoms in total. The summed E-state index contributed by atoms with van der Waals surface area (Å²) in [6.45, 7) is 5.79. The van der Waals surface area contributed by atoms with Crippen LogP contribution in [0, 0.1) is 13.8 Å². The fourth-order valence-electron chi connectivity index (χ4n) is 3.67.